The molecule has 3 heterocycles. The Balaban J connectivity index is 1.84. The van der Waals surface area contributed by atoms with Gasteiger partial charge in [0.15, 0.2) is 0 Å². The standard InChI is InChI=1S/C21H25BrN2O2/c1-3-13-5-4-10-24-12-14(6-9-18(25)26-2)19-16-11-15(22)7-8-17(16)23-20(19)21(13)24/h7-8,11,13-14H,3-6,9-10,12H2,1-2H3/p+1. The van der Waals surface area contributed by atoms with Crippen LogP contribution in [0.1, 0.15) is 56.2 Å². The minimum atomic E-state index is -0.118. The molecule has 2 aliphatic heterocycles. The average molecular weight is 418 g/mol. The number of benzene rings is 1. The van der Waals surface area contributed by atoms with E-state index in [1.54, 1.807) is 0 Å². The molecule has 0 fully saturated rings. The molecule has 0 bridgehead atoms. The summed E-state index contributed by atoms with van der Waals surface area (Å²) in [6, 6.07) is 6.47. The maximum atomic E-state index is 11.7. The lowest BCUT2D eigenvalue weighted by Gasteiger charge is -2.29. The number of rotatable bonds is 4. The van der Waals surface area contributed by atoms with E-state index < -0.39 is 0 Å². The van der Waals surface area contributed by atoms with Gasteiger partial charge < -0.3 is 9.72 Å². The number of carbonyl (C=O) groups is 1. The van der Waals surface area contributed by atoms with Crippen molar-refractivity contribution in [2.75, 3.05) is 20.2 Å². The van der Waals surface area contributed by atoms with Crippen LogP contribution < -0.4 is 0 Å². The first-order chi connectivity index (χ1) is 12.6. The smallest absolute Gasteiger partial charge is 0.305 e. The van der Waals surface area contributed by atoms with E-state index in [0.717, 1.165) is 24.0 Å². The number of halogens is 1. The molecule has 0 radical (unpaired) electrons. The van der Waals surface area contributed by atoms with Gasteiger partial charge in [-0.25, -0.2) is 4.58 Å². The summed E-state index contributed by atoms with van der Waals surface area (Å²) in [6.07, 6.45) is 5.01. The zero-order valence-electron chi connectivity index (χ0n) is 15.5. The molecule has 0 aliphatic carbocycles. The molecule has 1 N–H and O–H groups in total. The van der Waals surface area contributed by atoms with Gasteiger partial charge in [0.25, 0.3) is 0 Å². The second-order valence-electron chi connectivity index (χ2n) is 7.49. The number of nitrogens with one attached hydrogen (secondary N) is 1. The fourth-order valence-electron chi connectivity index (χ4n) is 4.79. The van der Waals surface area contributed by atoms with Crippen molar-refractivity contribution in [2.24, 2.45) is 5.92 Å². The number of aromatic amines is 1. The Kier molecular flexibility index (Phi) is 4.91. The highest BCUT2D eigenvalue weighted by atomic mass is 79.9. The molecule has 0 saturated heterocycles. The summed E-state index contributed by atoms with van der Waals surface area (Å²) >= 11 is 3.63. The van der Waals surface area contributed by atoms with Crippen LogP contribution in [0.5, 0.6) is 0 Å². The van der Waals surface area contributed by atoms with Crippen molar-refractivity contribution >= 4 is 38.5 Å². The predicted octanol–water partition coefficient (Wildman–Crippen LogP) is 4.60. The van der Waals surface area contributed by atoms with Crippen molar-refractivity contribution in [3.63, 3.8) is 0 Å². The first-order valence-corrected chi connectivity index (χ1v) is 10.4. The van der Waals surface area contributed by atoms with Gasteiger partial charge in [0.05, 0.1) is 7.11 Å². The molecule has 4 nitrogen and oxygen atoms in total. The van der Waals surface area contributed by atoms with Crippen LogP contribution >= 0.6 is 15.9 Å². The van der Waals surface area contributed by atoms with Gasteiger partial charge in [0, 0.05) is 45.6 Å². The highest BCUT2D eigenvalue weighted by molar-refractivity contribution is 9.10. The molecule has 2 aromatic rings. The molecule has 1 aromatic carbocycles. The number of methoxy groups -OCH3 is 1. The van der Waals surface area contributed by atoms with E-state index in [-0.39, 0.29) is 5.97 Å². The Morgan fingerprint density at radius 3 is 3.00 bits per heavy atom. The lowest BCUT2D eigenvalue weighted by atomic mass is 9.81. The van der Waals surface area contributed by atoms with Gasteiger partial charge in [0.1, 0.15) is 18.8 Å². The number of aromatic nitrogens is 1. The minimum Gasteiger partial charge on any atom is -0.469 e. The zero-order valence-corrected chi connectivity index (χ0v) is 17.1. The highest BCUT2D eigenvalue weighted by Gasteiger charge is 2.40. The van der Waals surface area contributed by atoms with E-state index in [0.29, 0.717) is 18.3 Å². The third-order valence-corrected chi connectivity index (χ3v) is 6.52. The van der Waals surface area contributed by atoms with E-state index in [1.165, 1.54) is 54.2 Å². The Morgan fingerprint density at radius 2 is 2.23 bits per heavy atom. The molecular weight excluding hydrogens is 392 g/mol. The normalized spacial score (nSPS) is 22.3. The fraction of sp³-hybridized carbons (Fsp3) is 0.524. The van der Waals surface area contributed by atoms with Crippen molar-refractivity contribution in [3.05, 3.63) is 33.9 Å². The van der Waals surface area contributed by atoms with Crippen LogP contribution in [-0.2, 0) is 9.53 Å². The third-order valence-electron chi connectivity index (χ3n) is 6.03. The Labute approximate surface area is 162 Å². The van der Waals surface area contributed by atoms with Crippen LogP contribution in [0.4, 0.5) is 0 Å². The van der Waals surface area contributed by atoms with Crippen LogP contribution in [0, 0.1) is 5.92 Å². The van der Waals surface area contributed by atoms with Gasteiger partial charge in [-0.1, -0.05) is 22.9 Å². The van der Waals surface area contributed by atoms with Gasteiger partial charge >= 0.3 is 5.97 Å². The van der Waals surface area contributed by atoms with Crippen molar-refractivity contribution in [3.8, 4) is 0 Å². The molecule has 26 heavy (non-hydrogen) atoms. The molecule has 2 aliphatic rings. The van der Waals surface area contributed by atoms with Gasteiger partial charge in [0.2, 0.25) is 5.71 Å². The molecule has 0 amide bonds. The molecule has 1 aromatic heterocycles. The minimum absolute atomic E-state index is 0.118. The highest BCUT2D eigenvalue weighted by Crippen LogP contribution is 2.40. The predicted molar refractivity (Wildman–Crippen MR) is 107 cm³/mol. The maximum absolute atomic E-state index is 11.7. The van der Waals surface area contributed by atoms with Crippen molar-refractivity contribution in [1.82, 2.24) is 4.98 Å². The number of hydrogen-bond acceptors (Lipinski definition) is 2. The van der Waals surface area contributed by atoms with E-state index in [1.807, 2.05) is 0 Å². The second kappa shape index (κ2) is 7.18. The largest absolute Gasteiger partial charge is 0.469 e. The van der Waals surface area contributed by atoms with Crippen LogP contribution in [0.3, 0.4) is 0 Å². The number of H-pyrrole nitrogens is 1. The number of carbonyl (C=O) groups excluding carboxylic acids is 1. The van der Waals surface area contributed by atoms with E-state index in [2.05, 4.69) is 50.6 Å². The molecule has 0 spiro atoms. The zero-order chi connectivity index (χ0) is 18.3. The first kappa shape index (κ1) is 17.8. The second-order valence-corrected chi connectivity index (χ2v) is 8.41. The summed E-state index contributed by atoms with van der Waals surface area (Å²) in [6.45, 7) is 4.43. The number of ether oxygens (including phenoxy) is 1. The number of nitrogens with zero attached hydrogens (tertiary/aromatic N) is 1. The van der Waals surface area contributed by atoms with E-state index >= 15 is 0 Å². The van der Waals surface area contributed by atoms with Crippen molar-refractivity contribution in [2.45, 2.75) is 44.9 Å². The Bertz CT molecular complexity index is 884. The van der Waals surface area contributed by atoms with Gasteiger partial charge in [-0.2, -0.15) is 0 Å². The van der Waals surface area contributed by atoms with Crippen LogP contribution in [0.25, 0.3) is 10.9 Å². The van der Waals surface area contributed by atoms with Crippen LogP contribution in [0.2, 0.25) is 0 Å². The van der Waals surface area contributed by atoms with E-state index in [4.69, 9.17) is 4.74 Å². The summed E-state index contributed by atoms with van der Waals surface area (Å²) in [4.78, 5) is 15.5. The molecule has 2 atom stereocenters. The molecule has 5 heteroatoms. The Morgan fingerprint density at radius 1 is 1.38 bits per heavy atom. The number of esters is 1. The first-order valence-electron chi connectivity index (χ1n) is 9.62. The van der Waals surface area contributed by atoms with Gasteiger partial charge in [-0.05, 0) is 37.5 Å². The summed E-state index contributed by atoms with van der Waals surface area (Å²) in [7, 11) is 1.47. The van der Waals surface area contributed by atoms with Gasteiger partial charge in [-0.3, -0.25) is 4.79 Å². The SMILES string of the molecule is CCC1CCC[N+]2=C1c1[nH]c3ccc(Br)cc3c1C(CCC(=O)OC)C2. The third kappa shape index (κ3) is 3.00. The summed E-state index contributed by atoms with van der Waals surface area (Å²) in [5, 5.41) is 1.29. The Hall–Kier alpha value is -1.62. The summed E-state index contributed by atoms with van der Waals surface area (Å²) in [5.41, 5.74) is 5.40. The molecule has 4 rings (SSSR count). The van der Waals surface area contributed by atoms with Crippen LogP contribution in [0.15, 0.2) is 22.7 Å². The number of fused-ring (bicyclic) bond motifs is 4. The number of hydrogen-bond donors (Lipinski definition) is 1. The van der Waals surface area contributed by atoms with Crippen molar-refractivity contribution in [1.29, 1.82) is 0 Å². The fourth-order valence-corrected chi connectivity index (χ4v) is 5.15. The summed E-state index contributed by atoms with van der Waals surface area (Å²) in [5.74, 6) is 0.861. The molecular formula is C21H26BrN2O2+. The maximum Gasteiger partial charge on any atom is 0.305 e. The lowest BCUT2D eigenvalue weighted by Crippen LogP contribution is -2.40. The van der Waals surface area contributed by atoms with Gasteiger partial charge in [-0.15, -0.1) is 0 Å². The average Bonchev–Trinajstić information content (AvgIpc) is 3.04. The van der Waals surface area contributed by atoms with Crippen LogP contribution in [-0.4, -0.2) is 41.4 Å². The lowest BCUT2D eigenvalue weighted by molar-refractivity contribution is -0.539. The van der Waals surface area contributed by atoms with E-state index in [9.17, 15) is 4.79 Å². The molecule has 0 saturated carbocycles. The molecule has 2 unspecified atom stereocenters. The quantitative estimate of drug-likeness (QED) is 0.583. The monoisotopic (exact) mass is 417 g/mol. The topological polar surface area (TPSA) is 45.1 Å². The molecule has 138 valence electrons. The van der Waals surface area contributed by atoms with Crippen molar-refractivity contribution < 1.29 is 14.1 Å². The summed E-state index contributed by atoms with van der Waals surface area (Å²) < 4.78 is 8.56.